The topological polar surface area (TPSA) is 55.8 Å². The molecule has 212 valence electrons. The molecule has 0 aliphatic carbocycles. The number of aliphatic hydroxyl groups is 1. The molecule has 0 fully saturated rings. The lowest BCUT2D eigenvalue weighted by Crippen LogP contribution is -2.27. The van der Waals surface area contributed by atoms with Gasteiger partial charge in [-0.1, -0.05) is 122 Å². The molecule has 0 amide bonds. The van der Waals surface area contributed by atoms with Gasteiger partial charge in [0.15, 0.2) is 0 Å². The van der Waals surface area contributed by atoms with E-state index in [2.05, 4.69) is 31.2 Å². The molecule has 4 nitrogen and oxygen atoms in total. The fourth-order valence-corrected chi connectivity index (χ4v) is 4.16. The maximum atomic E-state index is 11.6. The molecule has 0 aliphatic rings. The fourth-order valence-electron chi connectivity index (χ4n) is 4.16. The zero-order valence-corrected chi connectivity index (χ0v) is 24.0. The lowest BCUT2D eigenvalue weighted by Gasteiger charge is -2.15. The summed E-state index contributed by atoms with van der Waals surface area (Å²) in [6, 6.07) is 0. The van der Waals surface area contributed by atoms with Crippen LogP contribution in [0.1, 0.15) is 149 Å². The monoisotopic (exact) mass is 508 g/mol. The minimum atomic E-state index is -0.526. The molecule has 0 aromatic carbocycles. The molecule has 1 N–H and O–H groups in total. The first-order valence-electron chi connectivity index (χ1n) is 15.4. The van der Waals surface area contributed by atoms with E-state index < -0.39 is 6.10 Å². The maximum absolute atomic E-state index is 11.6. The van der Waals surface area contributed by atoms with Crippen molar-refractivity contribution in [3.63, 3.8) is 0 Å². The van der Waals surface area contributed by atoms with Crippen LogP contribution in [0.3, 0.4) is 0 Å². The number of carbonyl (C=O) groups excluding carboxylic acids is 1. The van der Waals surface area contributed by atoms with Crippen LogP contribution < -0.4 is 0 Å². The molecule has 0 spiro atoms. The van der Waals surface area contributed by atoms with Gasteiger partial charge in [-0.3, -0.25) is 4.79 Å². The van der Waals surface area contributed by atoms with Gasteiger partial charge in [-0.2, -0.15) is 0 Å². The Kier molecular flexibility index (Phi) is 29.2. The molecule has 0 aromatic rings. The Morgan fingerprint density at radius 2 is 1.17 bits per heavy atom. The van der Waals surface area contributed by atoms with Crippen LogP contribution in [0.2, 0.25) is 0 Å². The fraction of sp³-hybridized carbons (Fsp3) is 0.844. The number of carbonyl (C=O) groups is 1. The van der Waals surface area contributed by atoms with E-state index in [-0.39, 0.29) is 12.6 Å². The molecule has 36 heavy (non-hydrogen) atoms. The van der Waals surface area contributed by atoms with E-state index in [1.54, 1.807) is 0 Å². The number of rotatable bonds is 28. The average Bonchev–Trinajstić information content (AvgIpc) is 2.89. The third-order valence-electron chi connectivity index (χ3n) is 6.53. The van der Waals surface area contributed by atoms with Crippen LogP contribution in [0.4, 0.5) is 0 Å². The molecule has 1 atom stereocenters. The smallest absolute Gasteiger partial charge is 0.306 e. The second-order valence-corrected chi connectivity index (χ2v) is 10.2. The second kappa shape index (κ2) is 30.1. The first-order chi connectivity index (χ1) is 17.7. The Bertz CT molecular complexity index is 500. The Morgan fingerprint density at radius 3 is 1.69 bits per heavy atom. The van der Waals surface area contributed by atoms with Crippen LogP contribution in [0.15, 0.2) is 24.3 Å². The largest absolute Gasteiger partial charge is 0.457 e. The van der Waals surface area contributed by atoms with Crippen LogP contribution in [0, 0.1) is 0 Å². The van der Waals surface area contributed by atoms with Crippen molar-refractivity contribution in [2.75, 3.05) is 19.8 Å². The van der Waals surface area contributed by atoms with Gasteiger partial charge in [0.2, 0.25) is 0 Å². The van der Waals surface area contributed by atoms with Crippen molar-refractivity contribution in [2.45, 2.75) is 155 Å². The van der Waals surface area contributed by atoms with Gasteiger partial charge in [0, 0.05) is 13.0 Å². The van der Waals surface area contributed by atoms with E-state index in [9.17, 15) is 9.90 Å². The summed E-state index contributed by atoms with van der Waals surface area (Å²) in [7, 11) is 0. The number of esters is 1. The molecular formula is C32H60O4. The summed E-state index contributed by atoms with van der Waals surface area (Å²) < 4.78 is 10.8. The van der Waals surface area contributed by atoms with Crippen LogP contribution in [0.25, 0.3) is 0 Å². The predicted octanol–water partition coefficient (Wildman–Crippen LogP) is 9.25. The van der Waals surface area contributed by atoms with E-state index >= 15 is 0 Å². The van der Waals surface area contributed by atoms with Crippen LogP contribution in [0.5, 0.6) is 0 Å². The summed E-state index contributed by atoms with van der Waals surface area (Å²) >= 11 is 0. The van der Waals surface area contributed by atoms with Gasteiger partial charge < -0.3 is 14.6 Å². The van der Waals surface area contributed by atoms with E-state index in [1.807, 2.05) is 6.92 Å². The predicted molar refractivity (Wildman–Crippen MR) is 154 cm³/mol. The number of unbranched alkanes of at least 4 members (excludes halogenated alkanes) is 16. The van der Waals surface area contributed by atoms with Gasteiger partial charge in [0.1, 0.15) is 6.10 Å². The Balaban J connectivity index is 3.31. The summed E-state index contributed by atoms with van der Waals surface area (Å²) in [6.45, 7) is 5.10. The Hall–Kier alpha value is -1.13. The second-order valence-electron chi connectivity index (χ2n) is 10.2. The average molecular weight is 509 g/mol. The number of hydrogen-bond donors (Lipinski definition) is 1. The van der Waals surface area contributed by atoms with Crippen LogP contribution in [-0.4, -0.2) is 37.0 Å². The van der Waals surface area contributed by atoms with E-state index in [0.29, 0.717) is 19.6 Å². The number of allylic oxidation sites excluding steroid dienone is 4. The van der Waals surface area contributed by atoms with Crippen molar-refractivity contribution < 1.29 is 19.4 Å². The number of hydrogen-bond acceptors (Lipinski definition) is 4. The highest BCUT2D eigenvalue weighted by Gasteiger charge is 2.13. The highest BCUT2D eigenvalue weighted by Crippen LogP contribution is 2.12. The van der Waals surface area contributed by atoms with Gasteiger partial charge in [-0.05, 0) is 44.9 Å². The normalized spacial score (nSPS) is 12.6. The van der Waals surface area contributed by atoms with Crippen molar-refractivity contribution in [2.24, 2.45) is 0 Å². The summed E-state index contributed by atoms with van der Waals surface area (Å²) in [5.74, 6) is -0.238. The lowest BCUT2D eigenvalue weighted by atomic mass is 10.1. The highest BCUT2D eigenvalue weighted by atomic mass is 16.6. The summed E-state index contributed by atoms with van der Waals surface area (Å²) in [6.07, 6.45) is 34.4. The van der Waals surface area contributed by atoms with Gasteiger partial charge in [-0.25, -0.2) is 0 Å². The Labute approximate surface area is 224 Å². The van der Waals surface area contributed by atoms with Crippen LogP contribution in [-0.2, 0) is 14.3 Å². The molecule has 0 aromatic heterocycles. The molecule has 0 heterocycles. The van der Waals surface area contributed by atoms with E-state index in [0.717, 1.165) is 25.7 Å². The van der Waals surface area contributed by atoms with Crippen molar-refractivity contribution in [1.29, 1.82) is 0 Å². The highest BCUT2D eigenvalue weighted by molar-refractivity contribution is 5.69. The SMILES string of the molecule is CCCCCCC/C=C\C/C=C\CCCCCCCCCCCCOCC(CO)OC(=O)CCCC. The number of aliphatic hydroxyl groups excluding tert-OH is 1. The minimum Gasteiger partial charge on any atom is -0.457 e. The van der Waals surface area contributed by atoms with E-state index in [4.69, 9.17) is 9.47 Å². The summed E-state index contributed by atoms with van der Waals surface area (Å²) in [4.78, 5) is 11.6. The number of ether oxygens (including phenoxy) is 2. The lowest BCUT2D eigenvalue weighted by molar-refractivity contribution is -0.154. The quantitative estimate of drug-likeness (QED) is 0.0650. The maximum Gasteiger partial charge on any atom is 0.306 e. The molecule has 0 rings (SSSR count). The van der Waals surface area contributed by atoms with Gasteiger partial charge in [0.25, 0.3) is 0 Å². The summed E-state index contributed by atoms with van der Waals surface area (Å²) in [5, 5.41) is 9.32. The zero-order valence-electron chi connectivity index (χ0n) is 24.0. The first-order valence-corrected chi connectivity index (χ1v) is 15.4. The minimum absolute atomic E-state index is 0.175. The molecule has 0 saturated heterocycles. The molecule has 1 unspecified atom stereocenters. The molecular weight excluding hydrogens is 448 g/mol. The van der Waals surface area contributed by atoms with Crippen molar-refractivity contribution in [3.8, 4) is 0 Å². The first kappa shape index (κ1) is 34.9. The van der Waals surface area contributed by atoms with Crippen molar-refractivity contribution >= 4 is 5.97 Å². The third-order valence-corrected chi connectivity index (χ3v) is 6.53. The van der Waals surface area contributed by atoms with Crippen LogP contribution >= 0.6 is 0 Å². The van der Waals surface area contributed by atoms with Gasteiger partial charge in [0.05, 0.1) is 13.2 Å². The van der Waals surface area contributed by atoms with Gasteiger partial charge in [-0.15, -0.1) is 0 Å². The molecule has 0 bridgehead atoms. The van der Waals surface area contributed by atoms with Gasteiger partial charge >= 0.3 is 5.97 Å². The zero-order chi connectivity index (χ0) is 26.4. The molecule has 0 radical (unpaired) electrons. The molecule has 4 heteroatoms. The van der Waals surface area contributed by atoms with Crippen molar-refractivity contribution in [3.05, 3.63) is 24.3 Å². The molecule has 0 saturated carbocycles. The standard InChI is InChI=1S/C32H60O4/c1-3-5-7-8-9-10-11-12-13-14-15-16-17-18-19-20-21-22-23-24-25-26-28-35-30-31(29-33)36-32(34)27-6-4-2/h11-12,14-15,31,33H,3-10,13,16-30H2,1-2H3/b12-11-,15-14-. The summed E-state index contributed by atoms with van der Waals surface area (Å²) in [5.41, 5.74) is 0. The van der Waals surface area contributed by atoms with Crippen molar-refractivity contribution in [1.82, 2.24) is 0 Å². The molecule has 0 aliphatic heterocycles. The van der Waals surface area contributed by atoms with E-state index in [1.165, 1.54) is 103 Å². The third kappa shape index (κ3) is 27.5. The Morgan fingerprint density at radius 1 is 0.667 bits per heavy atom.